The van der Waals surface area contributed by atoms with Crippen LogP contribution in [0.15, 0.2) is 54.6 Å². The summed E-state index contributed by atoms with van der Waals surface area (Å²) in [5.41, 5.74) is 1.78. The van der Waals surface area contributed by atoms with E-state index in [9.17, 15) is 10.2 Å². The van der Waals surface area contributed by atoms with Gasteiger partial charge in [0.15, 0.2) is 0 Å². The first-order valence-corrected chi connectivity index (χ1v) is 8.93. The molecule has 3 aromatic carbocycles. The second kappa shape index (κ2) is 8.63. The first-order valence-electron chi connectivity index (χ1n) is 7.59. The molecule has 0 aliphatic carbocycles. The third-order valence-electron chi connectivity index (χ3n) is 4.41. The summed E-state index contributed by atoms with van der Waals surface area (Å²) in [6, 6.07) is 18.3. The van der Waals surface area contributed by atoms with Crippen LogP contribution in [0.4, 0.5) is 0 Å². The number of phenols is 2. The van der Waals surface area contributed by atoms with Crippen LogP contribution < -0.4 is 0 Å². The molecule has 5 heteroatoms. The van der Waals surface area contributed by atoms with E-state index in [1.807, 2.05) is 32.0 Å². The summed E-state index contributed by atoms with van der Waals surface area (Å²) in [7, 11) is -0.651. The first-order chi connectivity index (χ1) is 11.1. The molecule has 25 heavy (non-hydrogen) atoms. The fourth-order valence-corrected chi connectivity index (χ4v) is 5.93. The van der Waals surface area contributed by atoms with Crippen molar-refractivity contribution in [2.75, 3.05) is 0 Å². The van der Waals surface area contributed by atoms with Crippen LogP contribution in [-0.2, 0) is 0 Å². The molecule has 1 heterocycles. The maximum absolute atomic E-state index is 10.1. The number of aromatic hydroxyl groups is 2. The maximum Gasteiger partial charge on any atom is 0.119 e. The smallest absolute Gasteiger partial charge is 0.119 e. The molecule has 2 N–H and O–H groups in total. The van der Waals surface area contributed by atoms with Crippen molar-refractivity contribution in [1.82, 2.24) is 0 Å². The van der Waals surface area contributed by atoms with Gasteiger partial charge in [0, 0.05) is 98.4 Å². The van der Waals surface area contributed by atoms with Gasteiger partial charge < -0.3 is 10.2 Å². The topological polar surface area (TPSA) is 40.5 Å². The summed E-state index contributed by atoms with van der Waals surface area (Å²) < 4.78 is 0. The number of fused-ring (bicyclic) bond motifs is 3. The molecule has 2 radical (unpaired) electrons. The van der Waals surface area contributed by atoms with Gasteiger partial charge in [-0.2, -0.15) is 0 Å². The zero-order valence-corrected chi connectivity index (χ0v) is 24.6. The molecule has 0 unspecified atom stereocenters. The summed E-state index contributed by atoms with van der Waals surface area (Å²) >= 11 is 0. The van der Waals surface area contributed by atoms with Crippen molar-refractivity contribution in [2.24, 2.45) is 0 Å². The van der Waals surface area contributed by atoms with E-state index in [1.165, 1.54) is 15.5 Å². The van der Waals surface area contributed by atoms with Gasteiger partial charge in [-0.05, 0) is 65.3 Å². The molecule has 120 valence electrons. The molecular weight excluding hydrogens is 757 g/mol. The van der Waals surface area contributed by atoms with Crippen molar-refractivity contribution in [1.29, 1.82) is 0 Å². The molecule has 1 aromatic heterocycles. The number of hydrogen-bond acceptors (Lipinski definition) is 2. The van der Waals surface area contributed by atoms with Crippen LogP contribution >= 0.6 is 7.53 Å². The quantitative estimate of drug-likeness (QED) is 0.250. The molecule has 0 amide bonds. The SMILES string of the molecule is Cc1cc2c(cc1O)c1cc(O)c(C)cc1p2-c1ccccc1.[Ac].[Ac]. The third-order valence-corrected chi connectivity index (χ3v) is 6.93. The van der Waals surface area contributed by atoms with Gasteiger partial charge in [0.05, 0.1) is 0 Å². The summed E-state index contributed by atoms with van der Waals surface area (Å²) in [6.45, 7) is 3.86. The van der Waals surface area contributed by atoms with Crippen molar-refractivity contribution in [3.63, 3.8) is 0 Å². The van der Waals surface area contributed by atoms with E-state index in [-0.39, 0.29) is 88.1 Å². The van der Waals surface area contributed by atoms with E-state index in [2.05, 4.69) is 36.4 Å². The minimum atomic E-state index is -0.651. The van der Waals surface area contributed by atoms with Crippen molar-refractivity contribution < 1.29 is 98.3 Å². The number of phenolic OH excluding ortho intramolecular Hbond substituents is 2. The molecule has 4 aromatic rings. The van der Waals surface area contributed by atoms with Gasteiger partial charge in [-0.3, -0.25) is 0 Å². The van der Waals surface area contributed by atoms with Crippen molar-refractivity contribution in [2.45, 2.75) is 13.8 Å². The molecule has 0 spiro atoms. The number of benzene rings is 3. The van der Waals surface area contributed by atoms with Crippen molar-refractivity contribution >= 4 is 28.5 Å². The summed E-state index contributed by atoms with van der Waals surface area (Å²) in [5, 5.41) is 26.1. The fraction of sp³-hybridized carbons (Fsp3) is 0.100. The van der Waals surface area contributed by atoms with Gasteiger partial charge in [-0.15, -0.1) is 0 Å². The molecule has 0 saturated heterocycles. The molecule has 0 saturated carbocycles. The van der Waals surface area contributed by atoms with Gasteiger partial charge >= 0.3 is 0 Å². The third kappa shape index (κ3) is 3.86. The van der Waals surface area contributed by atoms with E-state index >= 15 is 0 Å². The monoisotopic (exact) mass is 774 g/mol. The Morgan fingerprint density at radius 3 is 1.56 bits per heavy atom. The van der Waals surface area contributed by atoms with Crippen LogP contribution in [0.3, 0.4) is 0 Å². The maximum atomic E-state index is 10.1. The molecule has 0 aliphatic rings. The molecule has 0 bridgehead atoms. The fourth-order valence-electron chi connectivity index (χ4n) is 3.15. The van der Waals surface area contributed by atoms with Gasteiger partial charge in [0.25, 0.3) is 0 Å². The second-order valence-electron chi connectivity index (χ2n) is 5.98. The van der Waals surface area contributed by atoms with Crippen LogP contribution in [0.1, 0.15) is 11.1 Å². The Hall–Kier alpha value is 0.443. The minimum absolute atomic E-state index is 0. The minimum Gasteiger partial charge on any atom is -0.508 e. The predicted molar refractivity (Wildman–Crippen MR) is 98.3 cm³/mol. The number of rotatable bonds is 1. The first kappa shape index (κ1) is 21.7. The van der Waals surface area contributed by atoms with E-state index in [0.717, 1.165) is 21.9 Å². The Bertz CT molecular complexity index is 991. The standard InChI is InChI=1S/C20H17O2P.2Ac/c1-12-8-19-15(10-17(12)21)16-11-18(22)13(2)9-20(16)23(19)14-6-4-3-5-7-14;;/h3-11,21-22H,1-2H3;;. The Labute approximate surface area is 219 Å². The Kier molecular flexibility index (Phi) is 7.51. The molecule has 0 aliphatic heterocycles. The average Bonchev–Trinajstić information content (AvgIpc) is 2.82. The number of aryl methyl sites for hydroxylation is 2. The zero-order valence-electron chi connectivity index (χ0n) is 14.2. The molecular formula is C20H17Ac2O2P. The molecule has 4 rings (SSSR count). The summed E-state index contributed by atoms with van der Waals surface area (Å²) in [5.74, 6) is 0.611. The number of hydrogen-bond donors (Lipinski definition) is 2. The van der Waals surface area contributed by atoms with Gasteiger partial charge in [0.1, 0.15) is 11.5 Å². The Morgan fingerprint density at radius 2 is 1.12 bits per heavy atom. The van der Waals surface area contributed by atoms with Crippen LogP contribution in [-0.4, -0.2) is 10.2 Å². The van der Waals surface area contributed by atoms with Crippen LogP contribution in [0.5, 0.6) is 11.5 Å². The van der Waals surface area contributed by atoms with E-state index in [1.54, 1.807) is 0 Å². The Morgan fingerprint density at radius 1 is 0.680 bits per heavy atom. The second-order valence-corrected chi connectivity index (χ2v) is 8.13. The van der Waals surface area contributed by atoms with E-state index < -0.39 is 7.53 Å². The summed E-state index contributed by atoms with van der Waals surface area (Å²) in [4.78, 5) is 0. The van der Waals surface area contributed by atoms with Crippen LogP contribution in [0.2, 0.25) is 0 Å². The van der Waals surface area contributed by atoms with E-state index in [4.69, 9.17) is 0 Å². The van der Waals surface area contributed by atoms with Crippen molar-refractivity contribution in [3.05, 3.63) is 65.7 Å². The van der Waals surface area contributed by atoms with Gasteiger partial charge in [-0.25, -0.2) is 0 Å². The average molecular weight is 774 g/mol. The molecule has 0 fully saturated rings. The van der Waals surface area contributed by atoms with Gasteiger partial charge in [-0.1, -0.05) is 37.9 Å². The molecule has 0 atom stereocenters. The van der Waals surface area contributed by atoms with Crippen LogP contribution in [0.25, 0.3) is 26.3 Å². The summed E-state index contributed by atoms with van der Waals surface area (Å²) in [6.07, 6.45) is 0. The van der Waals surface area contributed by atoms with Crippen LogP contribution in [0, 0.1) is 102 Å². The zero-order chi connectivity index (χ0) is 16.1. The molecule has 2 nitrogen and oxygen atoms in total. The normalized spacial score (nSPS) is 10.5. The Balaban J connectivity index is 0.00000113. The van der Waals surface area contributed by atoms with Crippen molar-refractivity contribution in [3.8, 4) is 16.8 Å². The largest absolute Gasteiger partial charge is 0.508 e. The van der Waals surface area contributed by atoms with E-state index in [0.29, 0.717) is 11.5 Å². The predicted octanol–water partition coefficient (Wildman–Crippen LogP) is 6.00. The van der Waals surface area contributed by atoms with Gasteiger partial charge in [0.2, 0.25) is 0 Å².